The van der Waals surface area contributed by atoms with Gasteiger partial charge in [-0.2, -0.15) is 0 Å². The quantitative estimate of drug-likeness (QED) is 0.487. The van der Waals surface area contributed by atoms with Gasteiger partial charge in [-0.05, 0) is 28.3 Å². The topological polar surface area (TPSA) is 114 Å². The van der Waals surface area contributed by atoms with E-state index in [2.05, 4.69) is 5.32 Å². The molecule has 0 aromatic heterocycles. The van der Waals surface area contributed by atoms with E-state index < -0.39 is 24.2 Å². The highest BCUT2D eigenvalue weighted by Gasteiger charge is 2.50. The lowest BCUT2D eigenvalue weighted by Gasteiger charge is -2.54. The number of fused-ring (bicyclic) bond motifs is 2. The number of nitrogens with zero attached hydrogens (tertiary/aromatic N) is 4. The molecule has 5 rings (SSSR count). The van der Waals surface area contributed by atoms with Gasteiger partial charge in [0.2, 0.25) is 11.8 Å². The Bertz CT molecular complexity index is 1390. The number of piperazine rings is 1. The molecule has 2 atom stereocenters. The summed E-state index contributed by atoms with van der Waals surface area (Å²) in [7, 11) is 1.66. The van der Waals surface area contributed by atoms with Gasteiger partial charge in [0, 0.05) is 26.6 Å². The Kier molecular flexibility index (Phi) is 7.47. The van der Waals surface area contributed by atoms with Gasteiger partial charge in [-0.3, -0.25) is 14.4 Å². The van der Waals surface area contributed by atoms with E-state index >= 15 is 0 Å². The molecule has 2 aliphatic rings. The standard InChI is InChI=1S/C29H31N5O5/c1-31-19-26(35)33-24(14-15-27(36)37)28(38)32(17-22-12-7-11-21-10-5-6-13-23(21)22)18-25(33)34(31)29(39)30-16-20-8-3-2-4-9-20/h2-13,24-25H,14-19H2,1H3,(H,30,39)(H,36,37)/t24-,25-/m0/s1. The van der Waals surface area contributed by atoms with Gasteiger partial charge in [0.25, 0.3) is 0 Å². The molecule has 10 heteroatoms. The Morgan fingerprint density at radius 1 is 0.974 bits per heavy atom. The number of hydrogen-bond acceptors (Lipinski definition) is 5. The number of hydrazine groups is 1. The number of benzene rings is 3. The molecule has 202 valence electrons. The van der Waals surface area contributed by atoms with E-state index in [0.717, 1.165) is 21.9 Å². The molecule has 2 heterocycles. The SMILES string of the molecule is CN1CC(=O)N2[C@@H](CCC(=O)O)C(=O)N(Cc3cccc4ccccc34)C[C@@H]2N1C(=O)NCc1ccccc1. The van der Waals surface area contributed by atoms with E-state index in [9.17, 15) is 24.3 Å². The van der Waals surface area contributed by atoms with Gasteiger partial charge < -0.3 is 20.2 Å². The minimum absolute atomic E-state index is 0.0361. The summed E-state index contributed by atoms with van der Waals surface area (Å²) in [5, 5.41) is 17.4. The van der Waals surface area contributed by atoms with Crippen LogP contribution in [0.3, 0.4) is 0 Å². The van der Waals surface area contributed by atoms with Crippen molar-refractivity contribution in [3.63, 3.8) is 0 Å². The van der Waals surface area contributed by atoms with Gasteiger partial charge in [0.1, 0.15) is 12.2 Å². The Morgan fingerprint density at radius 3 is 2.46 bits per heavy atom. The fourth-order valence-corrected chi connectivity index (χ4v) is 5.47. The summed E-state index contributed by atoms with van der Waals surface area (Å²) in [6.45, 7) is 0.563. The zero-order valence-corrected chi connectivity index (χ0v) is 21.7. The van der Waals surface area contributed by atoms with Crippen LogP contribution in [0.1, 0.15) is 24.0 Å². The largest absolute Gasteiger partial charge is 0.481 e. The van der Waals surface area contributed by atoms with Crippen LogP contribution in [0.2, 0.25) is 0 Å². The zero-order chi connectivity index (χ0) is 27.5. The molecular weight excluding hydrogens is 498 g/mol. The molecule has 0 aliphatic carbocycles. The number of amides is 4. The molecule has 3 aromatic rings. The summed E-state index contributed by atoms with van der Waals surface area (Å²) in [5.74, 6) is -1.68. The predicted octanol–water partition coefficient (Wildman–Crippen LogP) is 2.64. The molecule has 39 heavy (non-hydrogen) atoms. The Hall–Kier alpha value is -4.44. The first kappa shape index (κ1) is 26.2. The van der Waals surface area contributed by atoms with Crippen molar-refractivity contribution in [2.24, 2.45) is 0 Å². The van der Waals surface area contributed by atoms with Crippen molar-refractivity contribution in [2.45, 2.75) is 38.1 Å². The van der Waals surface area contributed by atoms with E-state index in [4.69, 9.17) is 0 Å². The number of hydrogen-bond donors (Lipinski definition) is 2. The van der Waals surface area contributed by atoms with Crippen LogP contribution in [0, 0.1) is 0 Å². The molecule has 3 aromatic carbocycles. The summed E-state index contributed by atoms with van der Waals surface area (Å²) in [5.41, 5.74) is 1.86. The number of urea groups is 1. The molecule has 2 saturated heterocycles. The molecule has 10 nitrogen and oxygen atoms in total. The van der Waals surface area contributed by atoms with E-state index in [1.165, 1.54) is 9.91 Å². The number of rotatable bonds is 7. The second-order valence-electron chi connectivity index (χ2n) is 9.89. The second-order valence-corrected chi connectivity index (χ2v) is 9.89. The fraction of sp³-hybridized carbons (Fsp3) is 0.310. The smallest absolute Gasteiger partial charge is 0.334 e. The summed E-state index contributed by atoms with van der Waals surface area (Å²) in [6, 6.07) is 21.9. The van der Waals surface area contributed by atoms with Crippen molar-refractivity contribution < 1.29 is 24.3 Å². The first-order valence-electron chi connectivity index (χ1n) is 12.9. The lowest BCUT2D eigenvalue weighted by Crippen LogP contribution is -2.75. The van der Waals surface area contributed by atoms with Crippen LogP contribution in [0.15, 0.2) is 72.8 Å². The lowest BCUT2D eigenvalue weighted by molar-refractivity contribution is -0.188. The molecule has 0 radical (unpaired) electrons. The van der Waals surface area contributed by atoms with Crippen molar-refractivity contribution in [3.05, 3.63) is 83.9 Å². The van der Waals surface area contributed by atoms with Crippen molar-refractivity contribution in [3.8, 4) is 0 Å². The molecule has 2 fully saturated rings. The normalized spacial score (nSPS) is 19.8. The Labute approximate surface area is 226 Å². The summed E-state index contributed by atoms with van der Waals surface area (Å²) < 4.78 is 0. The van der Waals surface area contributed by atoms with E-state index in [-0.39, 0.29) is 44.3 Å². The summed E-state index contributed by atoms with van der Waals surface area (Å²) in [6.07, 6.45) is -1.09. The minimum Gasteiger partial charge on any atom is -0.481 e. The lowest BCUT2D eigenvalue weighted by atomic mass is 9.99. The fourth-order valence-electron chi connectivity index (χ4n) is 5.47. The first-order chi connectivity index (χ1) is 18.8. The highest BCUT2D eigenvalue weighted by atomic mass is 16.4. The van der Waals surface area contributed by atoms with Crippen LogP contribution >= 0.6 is 0 Å². The van der Waals surface area contributed by atoms with Gasteiger partial charge in [0.05, 0.1) is 13.1 Å². The van der Waals surface area contributed by atoms with Crippen LogP contribution in [0.25, 0.3) is 10.8 Å². The van der Waals surface area contributed by atoms with Gasteiger partial charge in [-0.15, -0.1) is 0 Å². The Morgan fingerprint density at radius 2 is 1.69 bits per heavy atom. The molecule has 0 spiro atoms. The predicted molar refractivity (Wildman–Crippen MR) is 144 cm³/mol. The maximum Gasteiger partial charge on any atom is 0.334 e. The maximum atomic E-state index is 13.8. The molecule has 2 N–H and O–H groups in total. The maximum absolute atomic E-state index is 13.8. The van der Waals surface area contributed by atoms with E-state index in [1.807, 2.05) is 72.8 Å². The van der Waals surface area contributed by atoms with Gasteiger partial charge in [-0.25, -0.2) is 14.8 Å². The number of likely N-dealkylation sites (N-methyl/N-ethyl adjacent to an activating group) is 1. The highest BCUT2D eigenvalue weighted by molar-refractivity contribution is 5.92. The number of carboxylic acids is 1. The Balaban J connectivity index is 1.46. The number of carbonyl (C=O) groups excluding carboxylic acids is 3. The third-order valence-electron chi connectivity index (χ3n) is 7.31. The average Bonchev–Trinajstić information content (AvgIpc) is 2.92. The van der Waals surface area contributed by atoms with Crippen LogP contribution in [0.5, 0.6) is 0 Å². The third kappa shape index (κ3) is 5.42. The monoisotopic (exact) mass is 529 g/mol. The molecular formula is C29H31N5O5. The number of carbonyl (C=O) groups is 4. The second kappa shape index (κ2) is 11.1. The third-order valence-corrected chi connectivity index (χ3v) is 7.31. The van der Waals surface area contributed by atoms with Gasteiger partial charge >= 0.3 is 12.0 Å². The van der Waals surface area contributed by atoms with Crippen LogP contribution in [-0.4, -0.2) is 81.1 Å². The molecule has 0 bridgehead atoms. The molecule has 0 saturated carbocycles. The molecule has 4 amide bonds. The van der Waals surface area contributed by atoms with Crippen LogP contribution in [-0.2, 0) is 27.5 Å². The minimum atomic E-state index is -1.05. The number of nitrogens with one attached hydrogen (secondary N) is 1. The molecule has 0 unspecified atom stereocenters. The van der Waals surface area contributed by atoms with Crippen LogP contribution in [0.4, 0.5) is 4.79 Å². The highest BCUT2D eigenvalue weighted by Crippen LogP contribution is 2.30. The number of aliphatic carboxylic acids is 1. The van der Waals surface area contributed by atoms with Crippen LogP contribution < -0.4 is 5.32 Å². The summed E-state index contributed by atoms with van der Waals surface area (Å²) >= 11 is 0. The van der Waals surface area contributed by atoms with Crippen molar-refractivity contribution in [2.75, 3.05) is 20.1 Å². The van der Waals surface area contributed by atoms with Crippen molar-refractivity contribution in [1.29, 1.82) is 0 Å². The van der Waals surface area contributed by atoms with Crippen molar-refractivity contribution >= 4 is 34.6 Å². The van der Waals surface area contributed by atoms with Crippen molar-refractivity contribution in [1.82, 2.24) is 25.1 Å². The van der Waals surface area contributed by atoms with Gasteiger partial charge in [-0.1, -0.05) is 72.8 Å². The number of carboxylic acid groups (broad SMARTS) is 1. The van der Waals surface area contributed by atoms with Gasteiger partial charge in [0.15, 0.2) is 0 Å². The zero-order valence-electron chi connectivity index (χ0n) is 21.7. The first-order valence-corrected chi connectivity index (χ1v) is 12.9. The average molecular weight is 530 g/mol. The van der Waals surface area contributed by atoms with E-state index in [0.29, 0.717) is 6.54 Å². The molecule has 2 aliphatic heterocycles. The van der Waals surface area contributed by atoms with E-state index in [1.54, 1.807) is 17.0 Å². The summed E-state index contributed by atoms with van der Waals surface area (Å²) in [4.78, 5) is 55.0.